The number of alkyl halides is 1. The van der Waals surface area contributed by atoms with Crippen molar-refractivity contribution in [2.75, 3.05) is 143 Å². The Kier molecular flexibility index (Phi) is 57.3. The molecule has 0 aliphatic heterocycles. The molecule has 0 saturated carbocycles. The summed E-state index contributed by atoms with van der Waals surface area (Å²) in [7, 11) is -3.29. The lowest BCUT2D eigenvalue weighted by Gasteiger charge is -2.21. The summed E-state index contributed by atoms with van der Waals surface area (Å²) in [5, 5.41) is 25.5. The highest BCUT2D eigenvalue weighted by Crippen LogP contribution is 2.03. The molecule has 0 heterocycles. The summed E-state index contributed by atoms with van der Waals surface area (Å²) in [6.45, 7) is 16.0. The highest BCUT2D eigenvalue weighted by molar-refractivity contribution is 9.09. The average Bonchev–Trinajstić information content (AvgIpc) is 3.33. The van der Waals surface area contributed by atoms with Crippen molar-refractivity contribution in [3.63, 3.8) is 0 Å². The Morgan fingerprint density at radius 3 is 1.37 bits per heavy atom. The second kappa shape index (κ2) is 55.9. The second-order valence-corrected chi connectivity index (χ2v) is 16.1. The number of aliphatic hydroxyl groups excluding tert-OH is 3. The number of carbonyl (C=O) groups is 2. The molecule has 392 valence electrons. The van der Waals surface area contributed by atoms with Gasteiger partial charge in [0, 0.05) is 52.7 Å². The fraction of sp³-hybridized carbons (Fsp3) is 0.702. The van der Waals surface area contributed by atoms with Crippen LogP contribution in [0.3, 0.4) is 0 Å². The molecular weight excluding hydrogens is 960 g/mol. The van der Waals surface area contributed by atoms with Crippen LogP contribution >= 0.6 is 15.9 Å². The van der Waals surface area contributed by atoms with E-state index in [0.717, 1.165) is 75.7 Å². The minimum Gasteiger partial charge on any atom is -0.460 e. The summed E-state index contributed by atoms with van der Waals surface area (Å²) in [5.74, 6) is -0.504. The lowest BCUT2D eigenvalue weighted by Crippen LogP contribution is -2.36. The number of unbranched alkanes of at least 4 members (excludes halogenated alkanes) is 2. The van der Waals surface area contributed by atoms with E-state index in [4.69, 9.17) is 58.9 Å². The molecule has 0 aromatic heterocycles. The molecule has 0 atom stereocenters. The molecular formula is C47H85BrN2O16S. The molecule has 0 aliphatic carbocycles. The predicted octanol–water partition coefficient (Wildman–Crippen LogP) is 4.53. The van der Waals surface area contributed by atoms with E-state index in [2.05, 4.69) is 34.0 Å². The van der Waals surface area contributed by atoms with Crippen LogP contribution in [0.5, 0.6) is 0 Å². The first kappa shape index (κ1) is 68.6. The normalized spacial score (nSPS) is 10.6. The van der Waals surface area contributed by atoms with Crippen LogP contribution in [0.1, 0.15) is 70.4 Å². The summed E-state index contributed by atoms with van der Waals surface area (Å²) >= 11 is 3.01. The van der Waals surface area contributed by atoms with Gasteiger partial charge in [-0.15, -0.1) is 0 Å². The van der Waals surface area contributed by atoms with E-state index in [1.165, 1.54) is 0 Å². The molecule has 20 heteroatoms. The molecule has 0 unspecified atom stereocenters. The molecule has 18 nitrogen and oxygen atoms in total. The molecule has 0 radical (unpaired) electrons. The quantitative estimate of drug-likeness (QED) is 0.0315. The van der Waals surface area contributed by atoms with Crippen molar-refractivity contribution in [3.8, 4) is 0 Å². The van der Waals surface area contributed by atoms with Crippen molar-refractivity contribution >= 4 is 38.0 Å². The summed E-state index contributed by atoms with van der Waals surface area (Å²) in [6, 6.07) is 19.2. The van der Waals surface area contributed by atoms with Crippen LogP contribution in [0.25, 0.3) is 0 Å². The van der Waals surface area contributed by atoms with Gasteiger partial charge >= 0.3 is 11.9 Å². The third-order valence-corrected chi connectivity index (χ3v) is 8.72. The summed E-state index contributed by atoms with van der Waals surface area (Å²) in [4.78, 5) is 24.7. The summed E-state index contributed by atoms with van der Waals surface area (Å²) in [6.07, 6.45) is 7.34. The highest BCUT2D eigenvalue weighted by Gasteiger charge is 2.12. The van der Waals surface area contributed by atoms with Gasteiger partial charge in [0.05, 0.1) is 85.5 Å². The monoisotopic (exact) mass is 1040 g/mol. The van der Waals surface area contributed by atoms with Crippen LogP contribution in [-0.4, -0.2) is 184 Å². The first-order valence-corrected chi connectivity index (χ1v) is 25.9. The Balaban J connectivity index is -0.000000817. The second-order valence-electron chi connectivity index (χ2n) is 13.9. The Morgan fingerprint density at radius 2 is 0.955 bits per heavy atom. The fourth-order valence-electron chi connectivity index (χ4n) is 4.55. The Hall–Kier alpha value is -2.67. The van der Waals surface area contributed by atoms with Gasteiger partial charge in [-0.05, 0) is 49.7 Å². The molecule has 5 N–H and O–H groups in total. The molecule has 2 aromatic carbocycles. The number of carbonyl (C=O) groups excluding carboxylic acids is 2. The number of nitrogens with two attached hydrogens (primary N) is 1. The number of halogens is 1. The van der Waals surface area contributed by atoms with E-state index in [-0.39, 0.29) is 56.8 Å². The molecule has 0 fully saturated rings. The highest BCUT2D eigenvalue weighted by atomic mass is 79.9. The molecule has 67 heavy (non-hydrogen) atoms. The SMILES string of the molecule is CCCOCCCCCOCCO.CCCOCCN(CCOCCO)CC(=O)OCc1ccccc1.CCCOCCOS(C)(=O)=O.NCCOCCO.O=C(CBr)OCc1ccccc1. The lowest BCUT2D eigenvalue weighted by molar-refractivity contribution is -0.146. The first-order valence-electron chi connectivity index (χ1n) is 23.0. The third kappa shape index (κ3) is 59.4. The summed E-state index contributed by atoms with van der Waals surface area (Å²) in [5.41, 5.74) is 7.04. The predicted molar refractivity (Wildman–Crippen MR) is 263 cm³/mol. The number of ether oxygens (including phenoxy) is 8. The third-order valence-electron chi connectivity index (χ3n) is 7.67. The van der Waals surface area contributed by atoms with Crippen molar-refractivity contribution in [2.45, 2.75) is 72.5 Å². The molecule has 2 rings (SSSR count). The minimum atomic E-state index is -3.29. The van der Waals surface area contributed by atoms with Gasteiger partial charge in [0.25, 0.3) is 10.1 Å². The van der Waals surface area contributed by atoms with E-state index < -0.39 is 10.1 Å². The van der Waals surface area contributed by atoms with Gasteiger partial charge in [0.2, 0.25) is 0 Å². The first-order chi connectivity index (χ1) is 32.5. The van der Waals surface area contributed by atoms with Gasteiger partial charge in [0.1, 0.15) is 18.5 Å². The van der Waals surface area contributed by atoms with Crippen LogP contribution < -0.4 is 5.73 Å². The fourth-order valence-corrected chi connectivity index (χ4v) is 5.08. The van der Waals surface area contributed by atoms with E-state index in [1.54, 1.807) is 0 Å². The zero-order chi connectivity index (χ0) is 50.3. The maximum absolute atomic E-state index is 12.0. The zero-order valence-electron chi connectivity index (χ0n) is 40.7. The number of rotatable bonds is 37. The molecule has 0 aliphatic rings. The molecule has 0 spiro atoms. The minimum absolute atomic E-state index is 0.00126. The van der Waals surface area contributed by atoms with Gasteiger partial charge in [0.15, 0.2) is 0 Å². The van der Waals surface area contributed by atoms with Crippen molar-refractivity contribution in [2.24, 2.45) is 5.73 Å². The van der Waals surface area contributed by atoms with Crippen LogP contribution in [0, 0.1) is 0 Å². The maximum atomic E-state index is 12.0. The van der Waals surface area contributed by atoms with Crippen LogP contribution in [0.4, 0.5) is 0 Å². The van der Waals surface area contributed by atoms with Gasteiger partial charge in [-0.2, -0.15) is 8.42 Å². The number of hydrogen-bond donors (Lipinski definition) is 4. The van der Waals surface area contributed by atoms with E-state index in [0.29, 0.717) is 85.7 Å². The molecule has 0 amide bonds. The van der Waals surface area contributed by atoms with Gasteiger partial charge < -0.3 is 58.9 Å². The lowest BCUT2D eigenvalue weighted by atomic mass is 10.2. The number of hydrogen-bond acceptors (Lipinski definition) is 18. The van der Waals surface area contributed by atoms with Crippen molar-refractivity contribution in [1.29, 1.82) is 0 Å². The Bertz CT molecular complexity index is 1380. The van der Waals surface area contributed by atoms with Gasteiger partial charge in [-0.3, -0.25) is 18.7 Å². The van der Waals surface area contributed by atoms with E-state index >= 15 is 0 Å². The van der Waals surface area contributed by atoms with Gasteiger partial charge in [-0.1, -0.05) is 97.4 Å². The summed E-state index contributed by atoms with van der Waals surface area (Å²) < 4.78 is 66.3. The van der Waals surface area contributed by atoms with Crippen molar-refractivity contribution in [1.82, 2.24) is 4.90 Å². The average molecular weight is 1050 g/mol. The van der Waals surface area contributed by atoms with E-state index in [1.807, 2.05) is 72.5 Å². The van der Waals surface area contributed by atoms with Gasteiger partial charge in [-0.25, -0.2) is 0 Å². The van der Waals surface area contributed by atoms with Crippen LogP contribution in [-0.2, 0) is 75.0 Å². The topological polar surface area (TPSA) is 241 Å². The van der Waals surface area contributed by atoms with Crippen molar-refractivity contribution < 1.29 is 75.4 Å². The van der Waals surface area contributed by atoms with Crippen molar-refractivity contribution in [3.05, 3.63) is 71.8 Å². The molecule has 2 aromatic rings. The number of aliphatic hydroxyl groups is 3. The number of benzene rings is 2. The Labute approximate surface area is 410 Å². The smallest absolute Gasteiger partial charge is 0.320 e. The van der Waals surface area contributed by atoms with E-state index in [9.17, 15) is 18.0 Å². The van der Waals surface area contributed by atoms with Crippen LogP contribution in [0.2, 0.25) is 0 Å². The number of esters is 2. The maximum Gasteiger partial charge on any atom is 0.320 e. The number of nitrogens with zero attached hydrogens (tertiary/aromatic N) is 1. The molecule has 0 bridgehead atoms. The van der Waals surface area contributed by atoms with Crippen LogP contribution in [0.15, 0.2) is 60.7 Å². The zero-order valence-corrected chi connectivity index (χ0v) is 43.1. The molecule has 0 saturated heterocycles. The standard InChI is InChI=1S/C18H29NO5.C10H22O3.C9H9BrO2.C6H14O4S.C4H11NO2/c1-2-11-22-12-8-19(9-13-23-14-10-20)15-18(21)24-16-17-6-4-3-5-7-17;1-2-7-12-8-4-3-5-9-13-10-6-11;10-6-9(11)12-7-8-4-2-1-3-5-8;1-3-4-9-5-6-10-11(2,7)8;5-1-3-7-4-2-6/h3-7,20H,2,8-16H2,1H3;11H,2-10H2,1H3;1-5H,6-7H2;3-6H2,1-2H3;6H,1-5H2. The Morgan fingerprint density at radius 1 is 0.552 bits per heavy atom. The largest absolute Gasteiger partial charge is 0.460 e.